The summed E-state index contributed by atoms with van der Waals surface area (Å²) >= 11 is 0. The van der Waals surface area contributed by atoms with E-state index in [2.05, 4.69) is 11.9 Å². The molecule has 0 aliphatic carbocycles. The van der Waals surface area contributed by atoms with Gasteiger partial charge in [-0.05, 0) is 32.0 Å². The number of carbonyl (C=O) groups excluding carboxylic acids is 2. The Labute approximate surface area is 115 Å². The Morgan fingerprint density at radius 3 is 2.65 bits per heavy atom. The van der Waals surface area contributed by atoms with Gasteiger partial charge in [0.1, 0.15) is 17.2 Å². The molecule has 0 spiro atoms. The van der Waals surface area contributed by atoms with Gasteiger partial charge in [-0.15, -0.1) is 0 Å². The molecule has 106 valence electrons. The van der Waals surface area contributed by atoms with Crippen molar-refractivity contribution in [1.82, 2.24) is 10.2 Å². The first-order valence-electron chi connectivity index (χ1n) is 5.99. The van der Waals surface area contributed by atoms with Crippen LogP contribution in [0.1, 0.15) is 19.4 Å². The molecule has 0 aromatic heterocycles. The number of nitrogens with one attached hydrogen (secondary N) is 1. The number of halogens is 2. The van der Waals surface area contributed by atoms with Crippen molar-refractivity contribution in [3.8, 4) is 0 Å². The van der Waals surface area contributed by atoms with E-state index in [1.165, 1.54) is 6.92 Å². The maximum atomic E-state index is 13.9. The van der Waals surface area contributed by atoms with Crippen molar-refractivity contribution in [1.29, 1.82) is 0 Å². The van der Waals surface area contributed by atoms with Crippen molar-refractivity contribution in [2.24, 2.45) is 0 Å². The van der Waals surface area contributed by atoms with E-state index < -0.39 is 29.1 Å². The number of carbonyl (C=O) groups is 2. The number of rotatable bonds is 3. The predicted molar refractivity (Wildman–Crippen MR) is 68.8 cm³/mol. The Hall–Kier alpha value is -2.24. The van der Waals surface area contributed by atoms with Crippen LogP contribution in [0.25, 0.3) is 0 Å². The van der Waals surface area contributed by atoms with Gasteiger partial charge in [0, 0.05) is 5.56 Å². The van der Waals surface area contributed by atoms with Crippen molar-refractivity contribution in [3.63, 3.8) is 0 Å². The van der Waals surface area contributed by atoms with E-state index in [0.29, 0.717) is 5.57 Å². The Bertz CT molecular complexity index is 615. The van der Waals surface area contributed by atoms with Gasteiger partial charge < -0.3 is 5.32 Å². The summed E-state index contributed by atoms with van der Waals surface area (Å²) in [5.41, 5.74) is -1.20. The fourth-order valence-electron chi connectivity index (χ4n) is 2.17. The van der Waals surface area contributed by atoms with Crippen LogP contribution in [0, 0.1) is 11.6 Å². The third-order valence-corrected chi connectivity index (χ3v) is 3.17. The molecule has 20 heavy (non-hydrogen) atoms. The molecule has 1 heterocycles. The molecular formula is C14H14F2N2O2. The minimum absolute atomic E-state index is 0.0389. The van der Waals surface area contributed by atoms with Crippen molar-refractivity contribution in [3.05, 3.63) is 47.5 Å². The van der Waals surface area contributed by atoms with E-state index in [-0.39, 0.29) is 12.1 Å². The quantitative estimate of drug-likeness (QED) is 0.682. The number of hydrogen-bond donors (Lipinski definition) is 1. The van der Waals surface area contributed by atoms with Crippen LogP contribution in [0.5, 0.6) is 0 Å². The van der Waals surface area contributed by atoms with Crippen molar-refractivity contribution >= 4 is 11.9 Å². The topological polar surface area (TPSA) is 49.4 Å². The first-order chi connectivity index (χ1) is 9.25. The van der Waals surface area contributed by atoms with Crippen LogP contribution in [0.4, 0.5) is 13.6 Å². The monoisotopic (exact) mass is 280 g/mol. The molecule has 2 rings (SSSR count). The van der Waals surface area contributed by atoms with Gasteiger partial charge in [0.2, 0.25) is 0 Å². The molecule has 1 saturated heterocycles. The summed E-state index contributed by atoms with van der Waals surface area (Å²) in [7, 11) is 0. The van der Waals surface area contributed by atoms with E-state index in [9.17, 15) is 18.4 Å². The van der Waals surface area contributed by atoms with Gasteiger partial charge in [0.05, 0.1) is 6.54 Å². The summed E-state index contributed by atoms with van der Waals surface area (Å²) in [6.45, 7) is 6.69. The average Bonchev–Trinajstić information content (AvgIpc) is 2.56. The summed E-state index contributed by atoms with van der Waals surface area (Å²) in [4.78, 5) is 25.1. The zero-order valence-corrected chi connectivity index (χ0v) is 11.2. The van der Waals surface area contributed by atoms with Crippen LogP contribution in [0.2, 0.25) is 0 Å². The van der Waals surface area contributed by atoms with Gasteiger partial charge in [0.25, 0.3) is 5.91 Å². The molecule has 0 saturated carbocycles. The molecule has 1 aliphatic rings. The van der Waals surface area contributed by atoms with Crippen LogP contribution in [0.3, 0.4) is 0 Å². The highest BCUT2D eigenvalue weighted by molar-refractivity contribution is 6.07. The lowest BCUT2D eigenvalue weighted by molar-refractivity contribution is -0.130. The second-order valence-electron chi connectivity index (χ2n) is 5.03. The maximum Gasteiger partial charge on any atom is 0.325 e. The lowest BCUT2D eigenvalue weighted by atomic mass is 9.91. The Morgan fingerprint density at radius 2 is 2.05 bits per heavy atom. The maximum absolute atomic E-state index is 13.9. The van der Waals surface area contributed by atoms with Gasteiger partial charge in [-0.25, -0.2) is 13.6 Å². The summed E-state index contributed by atoms with van der Waals surface area (Å²) in [5, 5.41) is 2.41. The predicted octanol–water partition coefficient (Wildman–Crippen LogP) is 2.31. The van der Waals surface area contributed by atoms with Crippen LogP contribution in [-0.4, -0.2) is 23.4 Å². The first-order valence-corrected chi connectivity index (χ1v) is 5.99. The zero-order valence-electron chi connectivity index (χ0n) is 11.2. The first kappa shape index (κ1) is 14.2. The van der Waals surface area contributed by atoms with Gasteiger partial charge in [0.15, 0.2) is 0 Å². The highest BCUT2D eigenvalue weighted by Crippen LogP contribution is 2.31. The molecule has 4 nitrogen and oxygen atoms in total. The van der Waals surface area contributed by atoms with Crippen LogP contribution < -0.4 is 5.32 Å². The number of urea groups is 1. The lowest BCUT2D eigenvalue weighted by Crippen LogP contribution is -2.42. The highest BCUT2D eigenvalue weighted by Gasteiger charge is 2.50. The van der Waals surface area contributed by atoms with Crippen molar-refractivity contribution in [2.75, 3.05) is 6.54 Å². The van der Waals surface area contributed by atoms with Crippen molar-refractivity contribution in [2.45, 2.75) is 19.4 Å². The van der Waals surface area contributed by atoms with Crippen LogP contribution >= 0.6 is 0 Å². The average molecular weight is 280 g/mol. The van der Waals surface area contributed by atoms with E-state index in [4.69, 9.17) is 0 Å². The van der Waals surface area contributed by atoms with Crippen molar-refractivity contribution < 1.29 is 18.4 Å². The molecular weight excluding hydrogens is 266 g/mol. The molecule has 1 aliphatic heterocycles. The third-order valence-electron chi connectivity index (χ3n) is 3.17. The van der Waals surface area contributed by atoms with E-state index in [1.54, 1.807) is 6.92 Å². The summed E-state index contributed by atoms with van der Waals surface area (Å²) < 4.78 is 27.1. The van der Waals surface area contributed by atoms with E-state index >= 15 is 0 Å². The minimum Gasteiger partial charge on any atom is -0.319 e. The van der Waals surface area contributed by atoms with E-state index in [0.717, 1.165) is 23.1 Å². The van der Waals surface area contributed by atoms with Gasteiger partial charge in [-0.3, -0.25) is 9.69 Å². The molecule has 0 bridgehead atoms. The molecule has 6 heteroatoms. The summed E-state index contributed by atoms with van der Waals surface area (Å²) in [6.07, 6.45) is 0. The Balaban J connectivity index is 2.46. The largest absolute Gasteiger partial charge is 0.325 e. The van der Waals surface area contributed by atoms with Crippen LogP contribution in [0.15, 0.2) is 30.4 Å². The SMILES string of the molecule is C=C(C)CN1C(=O)N[C@@](C)(c2cc(F)ccc2F)C1=O. The lowest BCUT2D eigenvalue weighted by Gasteiger charge is -2.22. The molecule has 1 aromatic carbocycles. The number of nitrogens with zero attached hydrogens (tertiary/aromatic N) is 1. The Morgan fingerprint density at radius 1 is 1.40 bits per heavy atom. The summed E-state index contributed by atoms with van der Waals surface area (Å²) in [6, 6.07) is 2.15. The molecule has 1 atom stereocenters. The number of benzene rings is 1. The minimum atomic E-state index is -1.61. The standard InChI is InChI=1S/C14H14F2N2O2/c1-8(2)7-18-12(19)14(3,17-13(18)20)10-6-9(15)4-5-11(10)16/h4-6H,1,7H2,2-3H3,(H,17,20)/t14-/m0/s1. The number of imide groups is 1. The van der Waals surface area contributed by atoms with Gasteiger partial charge >= 0.3 is 6.03 Å². The molecule has 1 aromatic rings. The second-order valence-corrected chi connectivity index (χ2v) is 5.03. The van der Waals surface area contributed by atoms with Crippen LogP contribution in [-0.2, 0) is 10.3 Å². The molecule has 1 N–H and O–H groups in total. The fourth-order valence-corrected chi connectivity index (χ4v) is 2.17. The highest BCUT2D eigenvalue weighted by atomic mass is 19.1. The third kappa shape index (κ3) is 2.17. The number of hydrogen-bond acceptors (Lipinski definition) is 2. The zero-order chi connectivity index (χ0) is 15.1. The molecule has 0 unspecified atom stereocenters. The number of amides is 3. The van der Waals surface area contributed by atoms with Gasteiger partial charge in [-0.2, -0.15) is 0 Å². The van der Waals surface area contributed by atoms with E-state index in [1.807, 2.05) is 0 Å². The Kier molecular flexibility index (Phi) is 3.33. The fraction of sp³-hybridized carbons (Fsp3) is 0.286. The smallest absolute Gasteiger partial charge is 0.319 e. The molecule has 1 fully saturated rings. The molecule has 0 radical (unpaired) electrons. The normalized spacial score (nSPS) is 22.1. The molecule has 3 amide bonds. The summed E-state index contributed by atoms with van der Waals surface area (Å²) in [5.74, 6) is -2.06. The van der Waals surface area contributed by atoms with Gasteiger partial charge in [-0.1, -0.05) is 12.2 Å². The second kappa shape index (κ2) is 4.70.